The summed E-state index contributed by atoms with van der Waals surface area (Å²) >= 11 is 0. The van der Waals surface area contributed by atoms with Crippen LogP contribution in [0, 0.1) is 5.92 Å². The monoisotopic (exact) mass is 388 g/mol. The number of benzene rings is 2. The van der Waals surface area contributed by atoms with Gasteiger partial charge in [0, 0.05) is 6.54 Å². The maximum Gasteiger partial charge on any atom is 0.344 e. The van der Waals surface area contributed by atoms with E-state index in [9.17, 15) is 4.79 Å². The number of rotatable bonds is 6. The molecular formula is C23H24N4O2. The van der Waals surface area contributed by atoms with Gasteiger partial charge in [0.15, 0.2) is 5.65 Å². The number of aryl methyl sites for hydroxylation is 1. The first-order valence-corrected chi connectivity index (χ1v) is 9.80. The molecule has 29 heavy (non-hydrogen) atoms. The number of nitrogens with zero attached hydrogens (tertiary/aromatic N) is 3. The quantitative estimate of drug-likeness (QED) is 0.489. The molecule has 0 fully saturated rings. The van der Waals surface area contributed by atoms with Gasteiger partial charge in [-0.1, -0.05) is 56.3 Å². The van der Waals surface area contributed by atoms with Gasteiger partial charge >= 0.3 is 5.97 Å². The molecule has 0 spiro atoms. The van der Waals surface area contributed by atoms with E-state index in [4.69, 9.17) is 20.4 Å². The summed E-state index contributed by atoms with van der Waals surface area (Å²) < 4.78 is 7.44. The van der Waals surface area contributed by atoms with Crippen molar-refractivity contribution in [2.45, 2.75) is 33.4 Å². The lowest BCUT2D eigenvalue weighted by Crippen LogP contribution is -2.10. The molecule has 0 unspecified atom stereocenters. The largest absolute Gasteiger partial charge is 0.457 e. The fourth-order valence-corrected chi connectivity index (χ4v) is 3.33. The van der Waals surface area contributed by atoms with Crippen molar-refractivity contribution in [3.05, 3.63) is 65.7 Å². The van der Waals surface area contributed by atoms with Crippen LogP contribution < -0.4 is 5.73 Å². The molecule has 4 rings (SSSR count). The third-order valence-corrected chi connectivity index (χ3v) is 4.94. The summed E-state index contributed by atoms with van der Waals surface area (Å²) in [5.74, 6) is 0.368. The highest BCUT2D eigenvalue weighted by Crippen LogP contribution is 2.29. The topological polar surface area (TPSA) is 83.0 Å². The molecule has 0 amide bonds. The molecule has 148 valence electrons. The number of nitrogen functional groups attached to an aromatic ring is 1. The average molecular weight is 388 g/mol. The minimum absolute atomic E-state index is 0.179. The van der Waals surface area contributed by atoms with Crippen molar-refractivity contribution < 1.29 is 9.53 Å². The third kappa shape index (κ3) is 3.78. The van der Waals surface area contributed by atoms with Crippen LogP contribution in [0.3, 0.4) is 0 Å². The predicted molar refractivity (Wildman–Crippen MR) is 114 cm³/mol. The smallest absolute Gasteiger partial charge is 0.344 e. The SMILES string of the molecule is CC(C)CCn1c(N)c(C(=O)OCc2ccccc2)c2nc3ccccc3nc21. The van der Waals surface area contributed by atoms with E-state index in [1.165, 1.54) is 0 Å². The summed E-state index contributed by atoms with van der Waals surface area (Å²) in [5.41, 5.74) is 10.2. The number of hydrogen-bond donors (Lipinski definition) is 1. The van der Waals surface area contributed by atoms with Gasteiger partial charge in [0.1, 0.15) is 23.5 Å². The number of fused-ring (bicyclic) bond motifs is 2. The van der Waals surface area contributed by atoms with E-state index in [-0.39, 0.29) is 12.2 Å². The second-order valence-corrected chi connectivity index (χ2v) is 7.54. The number of aromatic nitrogens is 3. The Labute approximate surface area is 169 Å². The van der Waals surface area contributed by atoms with Gasteiger partial charge in [-0.2, -0.15) is 0 Å². The Morgan fingerprint density at radius 2 is 1.69 bits per heavy atom. The fourth-order valence-electron chi connectivity index (χ4n) is 3.33. The zero-order valence-corrected chi connectivity index (χ0v) is 16.6. The van der Waals surface area contributed by atoms with Crippen molar-refractivity contribution in [3.8, 4) is 0 Å². The maximum atomic E-state index is 13.0. The van der Waals surface area contributed by atoms with Crippen LogP contribution in [0.1, 0.15) is 36.2 Å². The highest BCUT2D eigenvalue weighted by molar-refractivity contribution is 6.08. The van der Waals surface area contributed by atoms with Gasteiger partial charge in [0.2, 0.25) is 0 Å². The van der Waals surface area contributed by atoms with Crippen LogP contribution in [0.2, 0.25) is 0 Å². The lowest BCUT2D eigenvalue weighted by atomic mass is 10.1. The number of hydrogen-bond acceptors (Lipinski definition) is 5. The van der Waals surface area contributed by atoms with Crippen LogP contribution in [0.5, 0.6) is 0 Å². The van der Waals surface area contributed by atoms with Crippen molar-refractivity contribution in [3.63, 3.8) is 0 Å². The molecular weight excluding hydrogens is 364 g/mol. The number of anilines is 1. The van der Waals surface area contributed by atoms with Crippen molar-refractivity contribution in [1.82, 2.24) is 14.5 Å². The van der Waals surface area contributed by atoms with Gasteiger partial charge in [-0.3, -0.25) is 0 Å². The molecule has 6 heteroatoms. The normalized spacial score (nSPS) is 11.4. The van der Waals surface area contributed by atoms with Gasteiger partial charge in [0.25, 0.3) is 0 Å². The van der Waals surface area contributed by atoms with Crippen LogP contribution in [0.15, 0.2) is 54.6 Å². The Morgan fingerprint density at radius 3 is 2.38 bits per heavy atom. The van der Waals surface area contributed by atoms with E-state index in [2.05, 4.69) is 13.8 Å². The minimum Gasteiger partial charge on any atom is -0.457 e. The summed E-state index contributed by atoms with van der Waals surface area (Å²) in [4.78, 5) is 22.4. The fraction of sp³-hybridized carbons (Fsp3) is 0.261. The van der Waals surface area contributed by atoms with Gasteiger partial charge in [-0.05, 0) is 30.0 Å². The molecule has 0 aliphatic heterocycles. The second-order valence-electron chi connectivity index (χ2n) is 7.54. The van der Waals surface area contributed by atoms with Gasteiger partial charge in [-0.15, -0.1) is 0 Å². The maximum absolute atomic E-state index is 13.0. The minimum atomic E-state index is -0.482. The molecule has 2 aromatic heterocycles. The van der Waals surface area contributed by atoms with E-state index >= 15 is 0 Å². The first-order valence-electron chi connectivity index (χ1n) is 9.80. The number of esters is 1. The number of nitrogens with two attached hydrogens (primary N) is 1. The first-order chi connectivity index (χ1) is 14.0. The molecule has 0 aliphatic rings. The number of ether oxygens (including phenoxy) is 1. The zero-order chi connectivity index (χ0) is 20.4. The second kappa shape index (κ2) is 7.91. The van der Waals surface area contributed by atoms with Gasteiger partial charge in [-0.25, -0.2) is 14.8 Å². The summed E-state index contributed by atoms with van der Waals surface area (Å²) in [7, 11) is 0. The summed E-state index contributed by atoms with van der Waals surface area (Å²) in [5, 5.41) is 0. The van der Waals surface area contributed by atoms with E-state index in [0.29, 0.717) is 29.4 Å². The third-order valence-electron chi connectivity index (χ3n) is 4.94. The Kier molecular flexibility index (Phi) is 5.16. The number of carbonyl (C=O) groups excluding carboxylic acids is 1. The molecule has 2 N–H and O–H groups in total. The van der Waals surface area contributed by atoms with Crippen LogP contribution in [0.4, 0.5) is 5.82 Å². The Bertz CT molecular complexity index is 1170. The molecule has 2 aromatic carbocycles. The molecule has 2 heterocycles. The zero-order valence-electron chi connectivity index (χ0n) is 16.6. The summed E-state index contributed by atoms with van der Waals surface area (Å²) in [6.45, 7) is 5.15. The highest BCUT2D eigenvalue weighted by Gasteiger charge is 2.25. The van der Waals surface area contributed by atoms with E-state index in [0.717, 1.165) is 23.0 Å². The molecule has 0 saturated carbocycles. The first kappa shape index (κ1) is 18.9. The van der Waals surface area contributed by atoms with Gasteiger partial charge in [0.05, 0.1) is 11.0 Å². The number of carbonyl (C=O) groups is 1. The van der Waals surface area contributed by atoms with Crippen LogP contribution in [0.25, 0.3) is 22.2 Å². The highest BCUT2D eigenvalue weighted by atomic mass is 16.5. The molecule has 6 nitrogen and oxygen atoms in total. The molecule has 0 bridgehead atoms. The Morgan fingerprint density at radius 1 is 1.03 bits per heavy atom. The molecule has 0 aliphatic carbocycles. The van der Waals surface area contributed by atoms with E-state index in [1.807, 2.05) is 59.2 Å². The molecule has 0 radical (unpaired) electrons. The van der Waals surface area contributed by atoms with Crippen LogP contribution >= 0.6 is 0 Å². The van der Waals surface area contributed by atoms with E-state index in [1.54, 1.807) is 0 Å². The lowest BCUT2D eigenvalue weighted by Gasteiger charge is -2.09. The van der Waals surface area contributed by atoms with Crippen LogP contribution in [-0.4, -0.2) is 20.5 Å². The molecule has 4 aromatic rings. The Hall–Kier alpha value is -3.41. The Balaban J connectivity index is 1.77. The summed E-state index contributed by atoms with van der Waals surface area (Å²) in [6.07, 6.45) is 0.918. The van der Waals surface area contributed by atoms with Crippen molar-refractivity contribution >= 4 is 34.0 Å². The van der Waals surface area contributed by atoms with Crippen molar-refractivity contribution in [1.29, 1.82) is 0 Å². The van der Waals surface area contributed by atoms with Crippen molar-refractivity contribution in [2.24, 2.45) is 5.92 Å². The molecule has 0 atom stereocenters. The predicted octanol–water partition coefficient (Wildman–Crippen LogP) is 4.57. The average Bonchev–Trinajstić information content (AvgIpc) is 2.99. The lowest BCUT2D eigenvalue weighted by molar-refractivity contribution is 0.0476. The van der Waals surface area contributed by atoms with E-state index < -0.39 is 5.97 Å². The summed E-state index contributed by atoms with van der Waals surface area (Å²) in [6, 6.07) is 17.2. The van der Waals surface area contributed by atoms with Gasteiger partial charge < -0.3 is 15.0 Å². The standard InChI is InChI=1S/C23H24N4O2/c1-15(2)12-13-27-21(24)19(23(28)29-14-16-8-4-3-5-9-16)20-22(27)26-18-11-7-6-10-17(18)25-20/h3-11,15H,12-14,24H2,1-2H3. The van der Waals surface area contributed by atoms with Crippen molar-refractivity contribution in [2.75, 3.05) is 5.73 Å². The number of para-hydroxylation sites is 2. The molecule has 0 saturated heterocycles. The van der Waals surface area contributed by atoms with Crippen LogP contribution in [-0.2, 0) is 17.9 Å².